The summed E-state index contributed by atoms with van der Waals surface area (Å²) < 4.78 is 40.5. The Morgan fingerprint density at radius 2 is 1.89 bits per heavy atom. The average Bonchev–Trinajstić information content (AvgIpc) is 3.05. The Labute approximate surface area is 155 Å². The molecule has 2 unspecified atom stereocenters. The summed E-state index contributed by atoms with van der Waals surface area (Å²) in [7, 11) is 0. The molecule has 0 saturated carbocycles. The number of morpholine rings is 1. The lowest BCUT2D eigenvalue weighted by molar-refractivity contribution is -0.00549. The summed E-state index contributed by atoms with van der Waals surface area (Å²) in [4.78, 5) is 1.85. The van der Waals surface area contributed by atoms with Gasteiger partial charge in [0, 0.05) is 24.2 Å². The van der Waals surface area contributed by atoms with E-state index < -0.39 is 11.6 Å². The molecule has 27 heavy (non-hydrogen) atoms. The minimum Gasteiger partial charge on any atom is -0.392 e. The number of hydrogen-bond donors (Lipinski definition) is 1. The molecule has 2 atom stereocenters. The maximum Gasteiger partial charge on any atom is 0.205 e. The van der Waals surface area contributed by atoms with E-state index in [1.807, 2.05) is 18.7 Å². The van der Waals surface area contributed by atoms with E-state index in [0.717, 1.165) is 0 Å². The molecule has 7 heteroatoms. The summed E-state index contributed by atoms with van der Waals surface area (Å²) in [5.41, 5.74) is 1.07. The molecule has 1 aliphatic heterocycles. The molecule has 1 aromatic heterocycles. The summed E-state index contributed by atoms with van der Waals surface area (Å²) in [5.74, 6) is -1.08. The Morgan fingerprint density at radius 3 is 2.56 bits per heavy atom. The highest BCUT2D eigenvalue weighted by Crippen LogP contribution is 2.38. The van der Waals surface area contributed by atoms with Crippen LogP contribution in [0.25, 0.3) is 22.2 Å². The van der Waals surface area contributed by atoms with E-state index >= 15 is 4.39 Å². The zero-order valence-corrected chi connectivity index (χ0v) is 15.1. The predicted octanol–water partition coefficient (Wildman–Crippen LogP) is 3.88. The van der Waals surface area contributed by atoms with Gasteiger partial charge in [-0.2, -0.15) is 0 Å². The Hall–Kier alpha value is -2.51. The van der Waals surface area contributed by atoms with Crippen LogP contribution in [0, 0.1) is 11.6 Å². The van der Waals surface area contributed by atoms with Crippen molar-refractivity contribution >= 4 is 16.7 Å². The normalized spacial score (nSPS) is 20.4. The molecule has 142 valence electrons. The first kappa shape index (κ1) is 17.9. The first-order chi connectivity index (χ1) is 13.0. The third-order valence-corrected chi connectivity index (χ3v) is 4.79. The number of aromatic nitrogens is 1. The fraction of sp³-hybridized carbons (Fsp3) is 0.350. The number of nitrogens with zero attached hydrogens (tertiary/aromatic N) is 2. The lowest BCUT2D eigenvalue weighted by Crippen LogP contribution is -2.46. The lowest BCUT2D eigenvalue weighted by atomic mass is 10.0. The molecule has 1 saturated heterocycles. The van der Waals surface area contributed by atoms with Gasteiger partial charge in [0.15, 0.2) is 5.82 Å². The molecule has 1 N–H and O–H groups in total. The van der Waals surface area contributed by atoms with Crippen molar-refractivity contribution in [3.05, 3.63) is 47.5 Å². The van der Waals surface area contributed by atoms with Gasteiger partial charge < -0.3 is 19.3 Å². The minimum atomic E-state index is -0.604. The molecule has 0 spiro atoms. The monoisotopic (exact) mass is 374 g/mol. The van der Waals surface area contributed by atoms with Gasteiger partial charge in [0.25, 0.3) is 0 Å². The van der Waals surface area contributed by atoms with Crippen LogP contribution in [0.5, 0.6) is 0 Å². The standard InChI is InChI=1S/C20H20F2N2O3/c1-11-8-24(9-12(2)26-11)19-13(10-25)7-15-18(23-27-20(15)17(19)22)14-5-3-4-6-16(14)21/h3-7,11-12,25H,8-10H2,1-2H3. The van der Waals surface area contributed by atoms with Gasteiger partial charge in [-0.3, -0.25) is 0 Å². The van der Waals surface area contributed by atoms with Crippen LogP contribution in [0.1, 0.15) is 19.4 Å². The molecule has 1 fully saturated rings. The van der Waals surface area contributed by atoms with Crippen molar-refractivity contribution in [1.82, 2.24) is 5.16 Å². The van der Waals surface area contributed by atoms with Crippen LogP contribution in [0.4, 0.5) is 14.5 Å². The van der Waals surface area contributed by atoms with E-state index in [-0.39, 0.29) is 41.3 Å². The third kappa shape index (κ3) is 3.07. The third-order valence-electron chi connectivity index (χ3n) is 4.79. The summed E-state index contributed by atoms with van der Waals surface area (Å²) >= 11 is 0. The molecule has 5 nitrogen and oxygen atoms in total. The average molecular weight is 374 g/mol. The Bertz CT molecular complexity index is 979. The Balaban J connectivity index is 1.88. The molecule has 2 heterocycles. The van der Waals surface area contributed by atoms with Gasteiger partial charge in [0.05, 0.1) is 29.9 Å². The van der Waals surface area contributed by atoms with Crippen LogP contribution in [-0.2, 0) is 11.3 Å². The number of benzene rings is 2. The molecule has 0 amide bonds. The first-order valence-electron chi connectivity index (χ1n) is 8.86. The molecule has 4 rings (SSSR count). The number of hydrogen-bond acceptors (Lipinski definition) is 5. The molecular formula is C20H20F2N2O3. The molecule has 3 aromatic rings. The van der Waals surface area contributed by atoms with E-state index in [9.17, 15) is 9.50 Å². The zero-order chi connectivity index (χ0) is 19.1. The van der Waals surface area contributed by atoms with Crippen LogP contribution in [-0.4, -0.2) is 35.6 Å². The largest absolute Gasteiger partial charge is 0.392 e. The van der Waals surface area contributed by atoms with E-state index in [0.29, 0.717) is 24.0 Å². The highest BCUT2D eigenvalue weighted by atomic mass is 19.1. The van der Waals surface area contributed by atoms with E-state index in [2.05, 4.69) is 5.16 Å². The second kappa shape index (κ2) is 6.90. The number of rotatable bonds is 3. The quantitative estimate of drug-likeness (QED) is 0.754. The molecule has 1 aliphatic rings. The van der Waals surface area contributed by atoms with Crippen LogP contribution in [0.3, 0.4) is 0 Å². The number of aliphatic hydroxyl groups excluding tert-OH is 1. The van der Waals surface area contributed by atoms with Crippen molar-refractivity contribution in [2.45, 2.75) is 32.7 Å². The molecule has 0 radical (unpaired) electrons. The van der Waals surface area contributed by atoms with E-state index in [1.165, 1.54) is 6.07 Å². The second-order valence-corrected chi connectivity index (χ2v) is 6.91. The maximum atomic E-state index is 15.4. The summed E-state index contributed by atoms with van der Waals surface area (Å²) in [6.45, 7) is 4.47. The van der Waals surface area contributed by atoms with Gasteiger partial charge in [-0.25, -0.2) is 8.78 Å². The molecule has 2 aromatic carbocycles. The molecular weight excluding hydrogens is 354 g/mol. The SMILES string of the molecule is CC1CN(c2c(CO)cc3c(-c4ccccc4F)noc3c2F)CC(C)O1. The van der Waals surface area contributed by atoms with Crippen molar-refractivity contribution < 1.29 is 23.1 Å². The predicted molar refractivity (Wildman–Crippen MR) is 97.5 cm³/mol. The second-order valence-electron chi connectivity index (χ2n) is 6.91. The topological polar surface area (TPSA) is 58.7 Å². The minimum absolute atomic E-state index is 0.0488. The van der Waals surface area contributed by atoms with Crippen LogP contribution < -0.4 is 4.90 Å². The fourth-order valence-corrected chi connectivity index (χ4v) is 3.75. The lowest BCUT2D eigenvalue weighted by Gasteiger charge is -2.37. The van der Waals surface area contributed by atoms with Crippen LogP contribution in [0.15, 0.2) is 34.9 Å². The summed E-state index contributed by atoms with van der Waals surface area (Å²) in [6.07, 6.45) is -0.141. The van der Waals surface area contributed by atoms with Crippen molar-refractivity contribution in [3.8, 4) is 11.3 Å². The Morgan fingerprint density at radius 1 is 1.19 bits per heavy atom. The first-order valence-corrected chi connectivity index (χ1v) is 8.86. The highest BCUT2D eigenvalue weighted by molar-refractivity contribution is 5.95. The fourth-order valence-electron chi connectivity index (χ4n) is 3.75. The van der Waals surface area contributed by atoms with Crippen molar-refractivity contribution in [3.63, 3.8) is 0 Å². The van der Waals surface area contributed by atoms with Crippen LogP contribution in [0.2, 0.25) is 0 Å². The zero-order valence-electron chi connectivity index (χ0n) is 15.1. The van der Waals surface area contributed by atoms with Crippen molar-refractivity contribution in [1.29, 1.82) is 0 Å². The number of ether oxygens (including phenoxy) is 1. The Kier molecular flexibility index (Phi) is 4.57. The molecule has 0 bridgehead atoms. The number of fused-ring (bicyclic) bond motifs is 1. The van der Waals surface area contributed by atoms with E-state index in [1.54, 1.807) is 24.3 Å². The van der Waals surface area contributed by atoms with Gasteiger partial charge in [-0.15, -0.1) is 0 Å². The van der Waals surface area contributed by atoms with Gasteiger partial charge in [0.2, 0.25) is 5.58 Å². The van der Waals surface area contributed by atoms with Crippen LogP contribution >= 0.6 is 0 Å². The van der Waals surface area contributed by atoms with Gasteiger partial charge in [-0.05, 0) is 32.0 Å². The highest BCUT2D eigenvalue weighted by Gasteiger charge is 2.29. The van der Waals surface area contributed by atoms with Gasteiger partial charge in [-0.1, -0.05) is 17.3 Å². The number of anilines is 1. The van der Waals surface area contributed by atoms with Gasteiger partial charge >= 0.3 is 0 Å². The number of aliphatic hydroxyl groups is 1. The summed E-state index contributed by atoms with van der Waals surface area (Å²) in [5, 5.41) is 14.1. The van der Waals surface area contributed by atoms with Crippen molar-refractivity contribution in [2.75, 3.05) is 18.0 Å². The van der Waals surface area contributed by atoms with E-state index in [4.69, 9.17) is 9.26 Å². The maximum absolute atomic E-state index is 15.4. The summed E-state index contributed by atoms with van der Waals surface area (Å²) in [6, 6.07) is 7.73. The smallest absolute Gasteiger partial charge is 0.205 e. The van der Waals surface area contributed by atoms with Crippen molar-refractivity contribution in [2.24, 2.45) is 0 Å². The van der Waals surface area contributed by atoms with Gasteiger partial charge in [0.1, 0.15) is 11.5 Å². The number of halogens is 2. The molecule has 0 aliphatic carbocycles.